The summed E-state index contributed by atoms with van der Waals surface area (Å²) in [5.41, 5.74) is 0. The van der Waals surface area contributed by atoms with Gasteiger partial charge in [-0.25, -0.2) is 0 Å². The molecule has 1 rings (SSSR count). The maximum Gasteiger partial charge on any atom is 0.0524 e. The van der Waals surface area contributed by atoms with Gasteiger partial charge in [0.2, 0.25) is 0 Å². The summed E-state index contributed by atoms with van der Waals surface area (Å²) in [6.45, 7) is 7.10. The maximum atomic E-state index is 10.4. The summed E-state index contributed by atoms with van der Waals surface area (Å²) in [5.74, 6) is 0. The van der Waals surface area contributed by atoms with Gasteiger partial charge in [-0.2, -0.15) is 0 Å². The van der Waals surface area contributed by atoms with E-state index < -0.39 is 0 Å². The number of rotatable bonds is 15. The molecule has 136 valence electrons. The standard InChI is InChI=1S/C19H39N3O/c1-2-3-4-5-6-7-8-9-10-11-12-13-14-15-21-16-18-22(20-23)19-17-21/h2-19H2,1H3. The molecule has 1 saturated heterocycles. The molecule has 1 fully saturated rings. The fourth-order valence-corrected chi connectivity index (χ4v) is 3.40. The predicted octanol–water partition coefficient (Wildman–Crippen LogP) is 5.38. The van der Waals surface area contributed by atoms with E-state index in [9.17, 15) is 4.91 Å². The van der Waals surface area contributed by atoms with Gasteiger partial charge in [0.05, 0.1) is 18.4 Å². The molecule has 0 aromatic carbocycles. The van der Waals surface area contributed by atoms with E-state index in [2.05, 4.69) is 17.1 Å². The van der Waals surface area contributed by atoms with Crippen molar-refractivity contribution in [3.05, 3.63) is 4.91 Å². The molecule has 23 heavy (non-hydrogen) atoms. The average Bonchev–Trinajstić information content (AvgIpc) is 2.59. The van der Waals surface area contributed by atoms with Crippen molar-refractivity contribution in [3.63, 3.8) is 0 Å². The van der Waals surface area contributed by atoms with Crippen LogP contribution in [0.15, 0.2) is 5.29 Å². The Kier molecular flexibility index (Phi) is 13.2. The second-order valence-electron chi connectivity index (χ2n) is 7.12. The molecule has 0 aliphatic carbocycles. The first kappa shape index (κ1) is 20.4. The van der Waals surface area contributed by atoms with Gasteiger partial charge in [0.1, 0.15) is 0 Å². The van der Waals surface area contributed by atoms with Crippen LogP contribution < -0.4 is 0 Å². The van der Waals surface area contributed by atoms with Gasteiger partial charge in [-0.15, -0.1) is 4.91 Å². The van der Waals surface area contributed by atoms with Gasteiger partial charge >= 0.3 is 0 Å². The normalized spacial score (nSPS) is 16.0. The van der Waals surface area contributed by atoms with Crippen LogP contribution in [0.1, 0.15) is 90.4 Å². The number of nitroso groups, excluding NO2 is 1. The number of hydrogen-bond donors (Lipinski definition) is 0. The van der Waals surface area contributed by atoms with E-state index in [0.717, 1.165) is 26.2 Å². The van der Waals surface area contributed by atoms with Crippen LogP contribution in [0.3, 0.4) is 0 Å². The van der Waals surface area contributed by atoms with E-state index in [0.29, 0.717) is 0 Å². The SMILES string of the molecule is CCCCCCCCCCCCCCCN1CCN(N=O)CC1. The van der Waals surface area contributed by atoms with Gasteiger partial charge in [0.15, 0.2) is 0 Å². The molecule has 0 bridgehead atoms. The molecule has 0 radical (unpaired) electrons. The van der Waals surface area contributed by atoms with Crippen molar-refractivity contribution in [3.8, 4) is 0 Å². The lowest BCUT2D eigenvalue weighted by Gasteiger charge is -2.31. The van der Waals surface area contributed by atoms with Crippen molar-refractivity contribution in [2.45, 2.75) is 90.4 Å². The Morgan fingerprint density at radius 3 is 1.52 bits per heavy atom. The smallest absolute Gasteiger partial charge is 0.0524 e. The van der Waals surface area contributed by atoms with Crippen molar-refractivity contribution in [2.75, 3.05) is 32.7 Å². The van der Waals surface area contributed by atoms with E-state index >= 15 is 0 Å². The van der Waals surface area contributed by atoms with Crippen LogP contribution in [-0.2, 0) is 0 Å². The van der Waals surface area contributed by atoms with Gasteiger partial charge < -0.3 is 0 Å². The zero-order chi connectivity index (χ0) is 16.6. The van der Waals surface area contributed by atoms with Crippen molar-refractivity contribution in [1.29, 1.82) is 0 Å². The van der Waals surface area contributed by atoms with Crippen LogP contribution in [0, 0.1) is 4.91 Å². The Morgan fingerprint density at radius 1 is 0.652 bits per heavy atom. The first-order chi connectivity index (χ1) is 11.4. The molecule has 0 spiro atoms. The molecule has 1 aliphatic rings. The molecule has 0 N–H and O–H groups in total. The summed E-state index contributed by atoms with van der Waals surface area (Å²) < 4.78 is 0. The van der Waals surface area contributed by atoms with Crippen molar-refractivity contribution in [2.24, 2.45) is 5.29 Å². The third-order valence-corrected chi connectivity index (χ3v) is 5.04. The quantitative estimate of drug-likeness (QED) is 0.300. The highest BCUT2D eigenvalue weighted by Gasteiger charge is 2.15. The maximum absolute atomic E-state index is 10.4. The molecule has 4 nitrogen and oxygen atoms in total. The Hall–Kier alpha value is -0.640. The molecule has 0 aromatic heterocycles. The minimum absolute atomic E-state index is 0.807. The Morgan fingerprint density at radius 2 is 1.09 bits per heavy atom. The average molecular weight is 326 g/mol. The van der Waals surface area contributed by atoms with E-state index in [1.54, 1.807) is 5.01 Å². The van der Waals surface area contributed by atoms with Gasteiger partial charge in [0, 0.05) is 13.1 Å². The fraction of sp³-hybridized carbons (Fsp3) is 1.00. The zero-order valence-electron chi connectivity index (χ0n) is 15.5. The van der Waals surface area contributed by atoms with E-state index in [1.165, 1.54) is 90.0 Å². The summed E-state index contributed by atoms with van der Waals surface area (Å²) in [6, 6.07) is 0. The molecule has 0 unspecified atom stereocenters. The molecule has 0 saturated carbocycles. The zero-order valence-corrected chi connectivity index (χ0v) is 15.5. The lowest BCUT2D eigenvalue weighted by atomic mass is 10.0. The largest absolute Gasteiger partial charge is 0.300 e. The van der Waals surface area contributed by atoms with Crippen molar-refractivity contribution in [1.82, 2.24) is 9.91 Å². The Bertz CT molecular complexity index is 265. The van der Waals surface area contributed by atoms with Crippen LogP contribution in [0.4, 0.5) is 0 Å². The lowest BCUT2D eigenvalue weighted by Crippen LogP contribution is -2.44. The summed E-state index contributed by atoms with van der Waals surface area (Å²) in [5, 5.41) is 4.65. The molecular formula is C19H39N3O. The first-order valence-corrected chi connectivity index (χ1v) is 10.2. The second kappa shape index (κ2) is 14.9. The molecule has 1 aliphatic heterocycles. The van der Waals surface area contributed by atoms with E-state index in [1.807, 2.05) is 0 Å². The second-order valence-corrected chi connectivity index (χ2v) is 7.12. The van der Waals surface area contributed by atoms with Crippen molar-refractivity contribution < 1.29 is 0 Å². The molecule has 1 heterocycles. The van der Waals surface area contributed by atoms with Crippen LogP contribution in [-0.4, -0.2) is 42.6 Å². The first-order valence-electron chi connectivity index (χ1n) is 10.2. The minimum Gasteiger partial charge on any atom is -0.300 e. The van der Waals surface area contributed by atoms with Gasteiger partial charge in [0.25, 0.3) is 0 Å². The van der Waals surface area contributed by atoms with Crippen molar-refractivity contribution >= 4 is 0 Å². The van der Waals surface area contributed by atoms with Crippen LogP contribution in [0.2, 0.25) is 0 Å². The molecule has 0 atom stereocenters. The molecule has 0 amide bonds. The highest BCUT2D eigenvalue weighted by molar-refractivity contribution is 4.69. The monoisotopic (exact) mass is 325 g/mol. The summed E-state index contributed by atoms with van der Waals surface area (Å²) in [4.78, 5) is 12.9. The summed E-state index contributed by atoms with van der Waals surface area (Å²) >= 11 is 0. The third kappa shape index (κ3) is 11.5. The molecule has 4 heteroatoms. The van der Waals surface area contributed by atoms with Crippen LogP contribution in [0.5, 0.6) is 0 Å². The summed E-state index contributed by atoms with van der Waals surface area (Å²) in [7, 11) is 0. The predicted molar refractivity (Wildman–Crippen MR) is 99.5 cm³/mol. The minimum atomic E-state index is 0.807. The number of hydrogen-bond acceptors (Lipinski definition) is 3. The van der Waals surface area contributed by atoms with Crippen LogP contribution >= 0.6 is 0 Å². The number of piperazine rings is 1. The van der Waals surface area contributed by atoms with Gasteiger partial charge in [-0.05, 0) is 13.0 Å². The van der Waals surface area contributed by atoms with Crippen LogP contribution in [0.25, 0.3) is 0 Å². The number of unbranched alkanes of at least 4 members (excludes halogenated alkanes) is 12. The molecular weight excluding hydrogens is 286 g/mol. The molecule has 0 aromatic rings. The fourth-order valence-electron chi connectivity index (χ4n) is 3.40. The highest BCUT2D eigenvalue weighted by Crippen LogP contribution is 2.13. The van der Waals surface area contributed by atoms with E-state index in [-0.39, 0.29) is 0 Å². The van der Waals surface area contributed by atoms with E-state index in [4.69, 9.17) is 0 Å². The Balaban J connectivity index is 1.74. The number of nitrogens with zero attached hydrogens (tertiary/aromatic N) is 3. The lowest BCUT2D eigenvalue weighted by molar-refractivity contribution is 0.132. The van der Waals surface area contributed by atoms with Gasteiger partial charge in [-0.1, -0.05) is 84.0 Å². The van der Waals surface area contributed by atoms with Gasteiger partial charge in [-0.3, -0.25) is 9.91 Å². The highest BCUT2D eigenvalue weighted by atomic mass is 16.3. The summed E-state index contributed by atoms with van der Waals surface area (Å²) in [6.07, 6.45) is 18.4. The third-order valence-electron chi connectivity index (χ3n) is 5.04. The topological polar surface area (TPSA) is 35.9 Å². The Labute approximate surface area is 143 Å².